The van der Waals surface area contributed by atoms with Gasteiger partial charge >= 0.3 is 6.09 Å². The van der Waals surface area contributed by atoms with E-state index in [1.165, 1.54) is 0 Å². The van der Waals surface area contributed by atoms with E-state index in [1.807, 2.05) is 45.1 Å². The molecule has 0 unspecified atom stereocenters. The molecule has 0 aliphatic heterocycles. The van der Waals surface area contributed by atoms with Crippen molar-refractivity contribution in [2.45, 2.75) is 39.7 Å². The molecule has 0 saturated heterocycles. The van der Waals surface area contributed by atoms with Gasteiger partial charge < -0.3 is 15.0 Å². The van der Waals surface area contributed by atoms with Crippen LogP contribution in [0.25, 0.3) is 17.0 Å². The number of hydrogen-bond acceptors (Lipinski definition) is 4. The zero-order valence-corrected chi connectivity index (χ0v) is 14.5. The highest BCUT2D eigenvalue weighted by atomic mass is 16.6. The van der Waals surface area contributed by atoms with Gasteiger partial charge in [-0.05, 0) is 51.8 Å². The topological polar surface area (TPSA) is 84.1 Å². The maximum Gasteiger partial charge on any atom is 0.407 e. The molecule has 0 bridgehead atoms. The molecule has 0 fully saturated rings. The predicted octanol–water partition coefficient (Wildman–Crippen LogP) is 3.16. The van der Waals surface area contributed by atoms with Gasteiger partial charge in [0.05, 0.1) is 10.9 Å². The van der Waals surface area contributed by atoms with Gasteiger partial charge in [0.2, 0.25) is 0 Å². The molecule has 2 rings (SSSR count). The van der Waals surface area contributed by atoms with Crippen molar-refractivity contribution in [3.05, 3.63) is 46.0 Å². The molecule has 0 aliphatic rings. The first-order valence-corrected chi connectivity index (χ1v) is 7.89. The zero-order valence-electron chi connectivity index (χ0n) is 14.5. The Morgan fingerprint density at radius 2 is 2.12 bits per heavy atom. The van der Waals surface area contributed by atoms with Crippen LogP contribution in [0.3, 0.4) is 0 Å². The number of benzene rings is 1. The normalized spacial score (nSPS) is 11.8. The van der Waals surface area contributed by atoms with Crippen molar-refractivity contribution >= 4 is 23.1 Å². The summed E-state index contributed by atoms with van der Waals surface area (Å²) in [5.74, 6) is 0.601. The molecule has 0 atom stereocenters. The van der Waals surface area contributed by atoms with E-state index >= 15 is 0 Å². The highest BCUT2D eigenvalue weighted by Crippen LogP contribution is 2.12. The van der Waals surface area contributed by atoms with E-state index in [0.717, 1.165) is 5.56 Å². The quantitative estimate of drug-likeness (QED) is 0.844. The van der Waals surface area contributed by atoms with E-state index in [-0.39, 0.29) is 5.56 Å². The molecule has 6 heteroatoms. The molecule has 1 heterocycles. The second-order valence-corrected chi connectivity index (χ2v) is 6.55. The Bertz CT molecular complexity index is 816. The third-order valence-corrected chi connectivity index (χ3v) is 3.14. The van der Waals surface area contributed by atoms with Crippen LogP contribution < -0.4 is 10.9 Å². The monoisotopic (exact) mass is 329 g/mol. The smallest absolute Gasteiger partial charge is 0.407 e. The van der Waals surface area contributed by atoms with Crippen molar-refractivity contribution in [3.63, 3.8) is 0 Å². The molecule has 1 amide bonds. The number of amides is 1. The summed E-state index contributed by atoms with van der Waals surface area (Å²) >= 11 is 0. The predicted molar refractivity (Wildman–Crippen MR) is 95.0 cm³/mol. The summed E-state index contributed by atoms with van der Waals surface area (Å²) in [6.45, 7) is 7.71. The SMILES string of the molecule is Cc1nc2ccc(C=CCCNC(=O)OC(C)(C)C)cc2c(=O)[nH]1. The summed E-state index contributed by atoms with van der Waals surface area (Å²) in [7, 11) is 0. The van der Waals surface area contributed by atoms with Gasteiger partial charge in [0, 0.05) is 6.54 Å². The molecule has 0 saturated carbocycles. The van der Waals surface area contributed by atoms with Gasteiger partial charge in [0.25, 0.3) is 5.56 Å². The van der Waals surface area contributed by atoms with E-state index in [4.69, 9.17) is 4.74 Å². The number of rotatable bonds is 4. The van der Waals surface area contributed by atoms with Crippen molar-refractivity contribution in [2.75, 3.05) is 6.54 Å². The maximum absolute atomic E-state index is 11.9. The van der Waals surface area contributed by atoms with Crippen LogP contribution in [0.5, 0.6) is 0 Å². The number of nitrogens with one attached hydrogen (secondary N) is 2. The number of H-pyrrole nitrogens is 1. The Kier molecular flexibility index (Phi) is 5.39. The standard InChI is InChI=1S/C18H23N3O3/c1-12-20-15-9-8-13(11-14(15)16(22)21-12)7-5-6-10-19-17(23)24-18(2,3)4/h5,7-9,11H,6,10H2,1-4H3,(H,19,23)(H,20,21,22). The van der Waals surface area contributed by atoms with Crippen molar-refractivity contribution in [1.82, 2.24) is 15.3 Å². The molecule has 6 nitrogen and oxygen atoms in total. The summed E-state index contributed by atoms with van der Waals surface area (Å²) in [5.41, 5.74) is 0.958. The fourth-order valence-corrected chi connectivity index (χ4v) is 2.17. The third-order valence-electron chi connectivity index (χ3n) is 3.14. The van der Waals surface area contributed by atoms with Crippen LogP contribution in [-0.2, 0) is 4.74 Å². The molecule has 2 N–H and O–H groups in total. The van der Waals surface area contributed by atoms with Gasteiger partial charge in [-0.2, -0.15) is 0 Å². The van der Waals surface area contributed by atoms with Gasteiger partial charge in [-0.3, -0.25) is 4.79 Å². The lowest BCUT2D eigenvalue weighted by Crippen LogP contribution is -2.32. The number of nitrogens with zero attached hydrogens (tertiary/aromatic N) is 1. The van der Waals surface area contributed by atoms with Crippen molar-refractivity contribution < 1.29 is 9.53 Å². The Balaban J connectivity index is 1.92. The van der Waals surface area contributed by atoms with E-state index in [0.29, 0.717) is 29.7 Å². The average molecular weight is 329 g/mol. The van der Waals surface area contributed by atoms with Gasteiger partial charge in [-0.15, -0.1) is 0 Å². The highest BCUT2D eigenvalue weighted by Gasteiger charge is 2.15. The van der Waals surface area contributed by atoms with Gasteiger partial charge in [-0.25, -0.2) is 9.78 Å². The second-order valence-electron chi connectivity index (χ2n) is 6.55. The molecule has 1 aromatic heterocycles. The van der Waals surface area contributed by atoms with Crippen molar-refractivity contribution in [3.8, 4) is 0 Å². The number of hydrogen-bond donors (Lipinski definition) is 2. The molecule has 1 aromatic carbocycles. The molecule has 2 aromatic rings. The lowest BCUT2D eigenvalue weighted by Gasteiger charge is -2.19. The molecule has 128 valence electrons. The summed E-state index contributed by atoms with van der Waals surface area (Å²) in [5, 5.41) is 3.26. The van der Waals surface area contributed by atoms with Crippen LogP contribution in [-0.4, -0.2) is 28.2 Å². The Morgan fingerprint density at radius 3 is 2.83 bits per heavy atom. The maximum atomic E-state index is 11.9. The fraction of sp³-hybridized carbons (Fsp3) is 0.389. The van der Waals surface area contributed by atoms with E-state index < -0.39 is 11.7 Å². The first-order valence-electron chi connectivity index (χ1n) is 7.89. The molecular formula is C18H23N3O3. The molecule has 24 heavy (non-hydrogen) atoms. The minimum atomic E-state index is -0.496. The van der Waals surface area contributed by atoms with Crippen LogP contribution in [0.4, 0.5) is 4.79 Å². The van der Waals surface area contributed by atoms with Crippen LogP contribution in [0.2, 0.25) is 0 Å². The summed E-state index contributed by atoms with van der Waals surface area (Å²) < 4.78 is 5.15. The van der Waals surface area contributed by atoms with Gasteiger partial charge in [0.15, 0.2) is 0 Å². The van der Waals surface area contributed by atoms with Crippen molar-refractivity contribution in [2.24, 2.45) is 0 Å². The number of carbonyl (C=O) groups excluding carboxylic acids is 1. The van der Waals surface area contributed by atoms with E-state index in [1.54, 1.807) is 13.0 Å². The lowest BCUT2D eigenvalue weighted by atomic mass is 10.1. The number of aryl methyl sites for hydroxylation is 1. The summed E-state index contributed by atoms with van der Waals surface area (Å²) in [4.78, 5) is 30.4. The van der Waals surface area contributed by atoms with E-state index in [9.17, 15) is 9.59 Å². The fourth-order valence-electron chi connectivity index (χ4n) is 2.17. The number of ether oxygens (including phenoxy) is 1. The Hall–Kier alpha value is -2.63. The first kappa shape index (κ1) is 17.7. The zero-order chi connectivity index (χ0) is 17.7. The number of alkyl carbamates (subject to hydrolysis) is 1. The minimum absolute atomic E-state index is 0.139. The molecule has 0 radical (unpaired) electrons. The summed E-state index contributed by atoms with van der Waals surface area (Å²) in [6, 6.07) is 5.54. The second kappa shape index (κ2) is 7.29. The number of carbonyl (C=O) groups is 1. The Morgan fingerprint density at radius 1 is 1.38 bits per heavy atom. The first-order chi connectivity index (χ1) is 11.2. The molecular weight excluding hydrogens is 306 g/mol. The van der Waals surface area contributed by atoms with Crippen molar-refractivity contribution in [1.29, 1.82) is 0 Å². The highest BCUT2D eigenvalue weighted by molar-refractivity contribution is 5.80. The van der Waals surface area contributed by atoms with Gasteiger partial charge in [0.1, 0.15) is 11.4 Å². The van der Waals surface area contributed by atoms with Crippen LogP contribution >= 0.6 is 0 Å². The van der Waals surface area contributed by atoms with E-state index in [2.05, 4.69) is 15.3 Å². The summed E-state index contributed by atoms with van der Waals surface area (Å²) in [6.07, 6.45) is 4.10. The average Bonchev–Trinajstić information content (AvgIpc) is 2.45. The Labute approximate surface area is 140 Å². The minimum Gasteiger partial charge on any atom is -0.444 e. The van der Waals surface area contributed by atoms with Gasteiger partial charge in [-0.1, -0.05) is 18.2 Å². The number of fused-ring (bicyclic) bond motifs is 1. The largest absolute Gasteiger partial charge is 0.444 e. The number of aromatic amines is 1. The lowest BCUT2D eigenvalue weighted by molar-refractivity contribution is 0.0529. The molecule has 0 spiro atoms. The van der Waals surface area contributed by atoms with Crippen LogP contribution in [0.15, 0.2) is 29.1 Å². The van der Waals surface area contributed by atoms with Crippen LogP contribution in [0.1, 0.15) is 38.6 Å². The molecule has 0 aliphatic carbocycles. The van der Waals surface area contributed by atoms with Crippen LogP contribution in [0, 0.1) is 6.92 Å². The number of aromatic nitrogens is 2. The third kappa shape index (κ3) is 5.22.